The lowest BCUT2D eigenvalue weighted by Gasteiger charge is -2.37. The lowest BCUT2D eigenvalue weighted by Crippen LogP contribution is -2.42. The third kappa shape index (κ3) is 6.05. The number of ether oxygens (including phenoxy) is 2. The number of rotatable bonds is 8. The number of aliphatic hydroxyl groups excluding tert-OH is 1. The van der Waals surface area contributed by atoms with Crippen molar-refractivity contribution in [2.24, 2.45) is 5.92 Å². The van der Waals surface area contributed by atoms with Gasteiger partial charge in [0.05, 0.1) is 36.3 Å². The number of benzene rings is 2. The molecule has 1 heterocycles. The number of amides is 1. The molecule has 35 heavy (non-hydrogen) atoms. The van der Waals surface area contributed by atoms with Gasteiger partial charge in [0, 0.05) is 24.8 Å². The molecule has 0 aromatic heterocycles. The molecule has 3 unspecified atom stereocenters. The molecule has 3 atom stereocenters. The summed E-state index contributed by atoms with van der Waals surface area (Å²) in [7, 11) is 1.79. The molecule has 0 radical (unpaired) electrons. The van der Waals surface area contributed by atoms with Crippen LogP contribution in [0.2, 0.25) is 5.02 Å². The fraction of sp³-hybridized carbons (Fsp3) is 0.536. The predicted octanol–water partition coefficient (Wildman–Crippen LogP) is 6.05. The molecule has 5 nitrogen and oxygen atoms in total. The van der Waals surface area contributed by atoms with Gasteiger partial charge in [0.2, 0.25) is 5.91 Å². The molecule has 2 fully saturated rings. The van der Waals surface area contributed by atoms with Crippen LogP contribution in [0.25, 0.3) is 0 Å². The van der Waals surface area contributed by atoms with Crippen molar-refractivity contribution in [3.63, 3.8) is 0 Å². The third-order valence-electron chi connectivity index (χ3n) is 7.68. The minimum Gasteiger partial charge on any atom is -0.386 e. The van der Waals surface area contributed by atoms with Gasteiger partial charge in [-0.05, 0) is 61.6 Å². The van der Waals surface area contributed by atoms with Crippen LogP contribution >= 0.6 is 23.4 Å². The highest BCUT2D eigenvalue weighted by atomic mass is 35.5. The van der Waals surface area contributed by atoms with Gasteiger partial charge >= 0.3 is 0 Å². The molecule has 4 rings (SSSR count). The first kappa shape index (κ1) is 26.5. The summed E-state index contributed by atoms with van der Waals surface area (Å²) in [6.07, 6.45) is 5.63. The SMILES string of the molecule is CSc1ccc(C(CC2CCC3(CC2)OCCO3)C(=O)N(C)C(C)C(O)c2ccccc2)cc1Cl. The molecule has 2 aromatic carbocycles. The second kappa shape index (κ2) is 11.7. The number of hydrogen-bond donors (Lipinski definition) is 1. The average molecular weight is 518 g/mol. The largest absolute Gasteiger partial charge is 0.386 e. The van der Waals surface area contributed by atoms with E-state index in [0.29, 0.717) is 24.2 Å². The zero-order valence-corrected chi connectivity index (χ0v) is 22.4. The van der Waals surface area contributed by atoms with Crippen molar-refractivity contribution >= 4 is 29.3 Å². The molecule has 0 bridgehead atoms. The predicted molar refractivity (Wildman–Crippen MR) is 141 cm³/mol. The number of nitrogens with zero attached hydrogens (tertiary/aromatic N) is 1. The highest BCUT2D eigenvalue weighted by molar-refractivity contribution is 7.98. The van der Waals surface area contributed by atoms with Gasteiger partial charge in [0.1, 0.15) is 0 Å². The molecule has 1 aliphatic heterocycles. The van der Waals surface area contributed by atoms with Crippen LogP contribution in [0, 0.1) is 5.92 Å². The van der Waals surface area contributed by atoms with E-state index in [-0.39, 0.29) is 17.9 Å². The Morgan fingerprint density at radius 1 is 1.14 bits per heavy atom. The van der Waals surface area contributed by atoms with Crippen molar-refractivity contribution in [3.05, 3.63) is 64.7 Å². The fourth-order valence-corrected chi connectivity index (χ4v) is 6.22. The Hall–Kier alpha value is -1.57. The molecule has 2 aromatic rings. The Kier molecular flexibility index (Phi) is 8.82. The summed E-state index contributed by atoms with van der Waals surface area (Å²) in [5.41, 5.74) is 1.73. The second-order valence-corrected chi connectivity index (χ2v) is 11.0. The summed E-state index contributed by atoms with van der Waals surface area (Å²) in [5.74, 6) is -0.341. The van der Waals surface area contributed by atoms with E-state index in [9.17, 15) is 9.90 Å². The van der Waals surface area contributed by atoms with Crippen LogP contribution in [0.5, 0.6) is 0 Å². The minimum absolute atomic E-state index is 0.00843. The van der Waals surface area contributed by atoms with Crippen LogP contribution in [0.4, 0.5) is 0 Å². The number of carbonyl (C=O) groups is 1. The van der Waals surface area contributed by atoms with Gasteiger partial charge in [-0.25, -0.2) is 0 Å². The van der Waals surface area contributed by atoms with Crippen LogP contribution in [0.1, 0.15) is 62.2 Å². The molecule has 1 saturated carbocycles. The standard InChI is InChI=1S/C28H36ClNO4S/c1-19(26(31)21-7-5-4-6-8-21)30(2)27(32)23(22-9-10-25(35-3)24(29)18-22)17-20-11-13-28(14-12-20)33-15-16-34-28/h4-10,18-20,23,26,31H,11-17H2,1-3H3. The van der Waals surface area contributed by atoms with E-state index < -0.39 is 11.9 Å². The molecule has 2 aliphatic rings. The molecule has 1 amide bonds. The second-order valence-electron chi connectivity index (χ2n) is 9.78. The number of halogens is 1. The molecule has 1 N–H and O–H groups in total. The van der Waals surface area contributed by atoms with Crippen molar-refractivity contribution < 1.29 is 19.4 Å². The van der Waals surface area contributed by atoms with Crippen LogP contribution in [-0.2, 0) is 14.3 Å². The van der Waals surface area contributed by atoms with Crippen molar-refractivity contribution in [2.45, 2.75) is 67.8 Å². The maximum Gasteiger partial charge on any atom is 0.230 e. The van der Waals surface area contributed by atoms with Gasteiger partial charge in [-0.2, -0.15) is 0 Å². The zero-order valence-electron chi connectivity index (χ0n) is 20.8. The van der Waals surface area contributed by atoms with Crippen LogP contribution in [0.3, 0.4) is 0 Å². The summed E-state index contributed by atoms with van der Waals surface area (Å²) in [5, 5.41) is 11.6. The van der Waals surface area contributed by atoms with Gasteiger partial charge in [0.15, 0.2) is 5.79 Å². The van der Waals surface area contributed by atoms with Crippen molar-refractivity contribution in [1.82, 2.24) is 4.90 Å². The Morgan fingerprint density at radius 3 is 2.40 bits per heavy atom. The lowest BCUT2D eigenvalue weighted by molar-refractivity contribution is -0.183. The first-order valence-electron chi connectivity index (χ1n) is 12.4. The lowest BCUT2D eigenvalue weighted by atomic mass is 9.78. The first-order valence-corrected chi connectivity index (χ1v) is 14.0. The van der Waals surface area contributed by atoms with E-state index in [1.807, 2.05) is 61.7 Å². The van der Waals surface area contributed by atoms with E-state index in [2.05, 4.69) is 0 Å². The third-order valence-corrected chi connectivity index (χ3v) is 8.90. The molecule has 1 aliphatic carbocycles. The highest BCUT2D eigenvalue weighted by Gasteiger charge is 2.41. The summed E-state index contributed by atoms with van der Waals surface area (Å²) in [4.78, 5) is 16.6. The molecule has 1 saturated heterocycles. The number of aliphatic hydroxyl groups is 1. The number of hydrogen-bond acceptors (Lipinski definition) is 5. The van der Waals surface area contributed by atoms with Crippen LogP contribution < -0.4 is 0 Å². The monoisotopic (exact) mass is 517 g/mol. The van der Waals surface area contributed by atoms with E-state index in [4.69, 9.17) is 21.1 Å². The van der Waals surface area contributed by atoms with Crippen molar-refractivity contribution in [2.75, 3.05) is 26.5 Å². The minimum atomic E-state index is -0.764. The topological polar surface area (TPSA) is 59.0 Å². The molecule has 7 heteroatoms. The fourth-order valence-electron chi connectivity index (χ4n) is 5.34. The Morgan fingerprint density at radius 2 is 1.80 bits per heavy atom. The van der Waals surface area contributed by atoms with Crippen LogP contribution in [0.15, 0.2) is 53.4 Å². The summed E-state index contributed by atoms with van der Waals surface area (Å²) >= 11 is 8.15. The van der Waals surface area contributed by atoms with Gasteiger partial charge < -0.3 is 19.5 Å². The first-order chi connectivity index (χ1) is 16.8. The Labute approximate surface area is 218 Å². The maximum atomic E-state index is 13.9. The van der Waals surface area contributed by atoms with Gasteiger partial charge in [-0.15, -0.1) is 11.8 Å². The summed E-state index contributed by atoms with van der Waals surface area (Å²) in [6, 6.07) is 15.1. The normalized spacial score (nSPS) is 20.5. The Balaban J connectivity index is 1.53. The quantitative estimate of drug-likeness (QED) is 0.432. The van der Waals surface area contributed by atoms with E-state index in [1.165, 1.54) is 0 Å². The number of thioether (sulfide) groups is 1. The van der Waals surface area contributed by atoms with Gasteiger partial charge in [-0.1, -0.05) is 48.0 Å². The van der Waals surface area contributed by atoms with Crippen molar-refractivity contribution in [1.29, 1.82) is 0 Å². The van der Waals surface area contributed by atoms with Gasteiger partial charge in [-0.3, -0.25) is 4.79 Å². The average Bonchev–Trinajstić information content (AvgIpc) is 3.35. The molecular weight excluding hydrogens is 482 g/mol. The molecule has 1 spiro atoms. The smallest absolute Gasteiger partial charge is 0.230 e. The Bertz CT molecular complexity index is 988. The van der Waals surface area contributed by atoms with E-state index in [1.54, 1.807) is 23.7 Å². The maximum absolute atomic E-state index is 13.9. The highest BCUT2D eigenvalue weighted by Crippen LogP contribution is 2.42. The number of carbonyl (C=O) groups excluding carboxylic acids is 1. The van der Waals surface area contributed by atoms with Crippen molar-refractivity contribution in [3.8, 4) is 0 Å². The summed E-state index contributed by atoms with van der Waals surface area (Å²) < 4.78 is 11.8. The zero-order chi connectivity index (χ0) is 25.0. The molecular formula is C28H36ClNO4S. The van der Waals surface area contributed by atoms with E-state index in [0.717, 1.165) is 48.1 Å². The summed E-state index contributed by atoms with van der Waals surface area (Å²) in [6.45, 7) is 3.23. The van der Waals surface area contributed by atoms with E-state index >= 15 is 0 Å². The van der Waals surface area contributed by atoms with Crippen LogP contribution in [-0.4, -0.2) is 54.3 Å². The number of likely N-dealkylation sites (N-methyl/N-ethyl adjacent to an activating group) is 1. The van der Waals surface area contributed by atoms with Gasteiger partial charge in [0.25, 0.3) is 0 Å². The molecule has 190 valence electrons.